The first-order chi connectivity index (χ1) is 14.8. The molecule has 4 aliphatic carbocycles. The van der Waals surface area contributed by atoms with Crippen LogP contribution in [0.15, 0.2) is 27.5 Å². The van der Waals surface area contributed by atoms with Crippen molar-refractivity contribution in [2.75, 3.05) is 6.54 Å². The number of nitrogens with one attached hydrogen (secondary N) is 1. The molecule has 31 heavy (non-hydrogen) atoms. The van der Waals surface area contributed by atoms with Gasteiger partial charge in [-0.15, -0.1) is 0 Å². The molecule has 0 aliphatic heterocycles. The minimum Gasteiger partial charge on any atom is -0.358 e. The van der Waals surface area contributed by atoms with E-state index in [1.807, 2.05) is 10.9 Å². The summed E-state index contributed by atoms with van der Waals surface area (Å²) in [5, 5.41) is 22.9. The molecular weight excluding hydrogens is 532 g/mol. The zero-order chi connectivity index (χ0) is 21.8. The number of aromatic nitrogens is 4. The number of rotatable bonds is 7. The molecule has 0 spiro atoms. The SMILES string of the molecule is O=C(CC12CC3CC(C1)CC(n1cc(Br)c([N+](=O)[O-])n1)(C3)C2)NCCn1cc(Br)cn1. The van der Waals surface area contributed by atoms with Crippen molar-refractivity contribution < 1.29 is 9.72 Å². The van der Waals surface area contributed by atoms with Crippen LogP contribution in [0, 0.1) is 27.4 Å². The maximum Gasteiger partial charge on any atom is 0.404 e. The predicted octanol–water partition coefficient (Wildman–Crippen LogP) is 4.01. The Hall–Kier alpha value is -1.75. The molecule has 4 fully saturated rings. The molecule has 166 valence electrons. The largest absolute Gasteiger partial charge is 0.404 e. The van der Waals surface area contributed by atoms with Crippen LogP contribution in [0.25, 0.3) is 0 Å². The Kier molecular flexibility index (Phi) is 5.23. The van der Waals surface area contributed by atoms with Crippen LogP contribution in [0.5, 0.6) is 0 Å². The molecule has 0 saturated heterocycles. The molecule has 2 aromatic heterocycles. The van der Waals surface area contributed by atoms with E-state index in [-0.39, 0.29) is 22.7 Å². The highest BCUT2D eigenvalue weighted by molar-refractivity contribution is 9.10. The van der Waals surface area contributed by atoms with Crippen molar-refractivity contribution >= 4 is 43.6 Å². The van der Waals surface area contributed by atoms with E-state index in [2.05, 4.69) is 47.4 Å². The van der Waals surface area contributed by atoms with Gasteiger partial charge < -0.3 is 15.4 Å². The number of nitro groups is 1. The van der Waals surface area contributed by atoms with E-state index < -0.39 is 4.92 Å². The highest BCUT2D eigenvalue weighted by atomic mass is 79.9. The molecule has 0 aromatic carbocycles. The summed E-state index contributed by atoms with van der Waals surface area (Å²) >= 11 is 6.68. The number of amides is 1. The van der Waals surface area contributed by atoms with Gasteiger partial charge in [0.25, 0.3) is 0 Å². The Labute approximate surface area is 196 Å². The van der Waals surface area contributed by atoms with Gasteiger partial charge in [-0.1, -0.05) is 0 Å². The van der Waals surface area contributed by atoms with Gasteiger partial charge in [0.05, 0.1) is 34.0 Å². The van der Waals surface area contributed by atoms with Gasteiger partial charge in [0.2, 0.25) is 5.91 Å². The lowest BCUT2D eigenvalue weighted by Gasteiger charge is -2.61. The van der Waals surface area contributed by atoms with Crippen LogP contribution in [0.4, 0.5) is 5.82 Å². The zero-order valence-electron chi connectivity index (χ0n) is 17.0. The molecule has 11 heteroatoms. The molecule has 4 aliphatic rings. The van der Waals surface area contributed by atoms with E-state index in [4.69, 9.17) is 0 Å². The van der Waals surface area contributed by atoms with Gasteiger partial charge in [0.1, 0.15) is 4.47 Å². The van der Waals surface area contributed by atoms with E-state index in [0.717, 1.165) is 36.6 Å². The van der Waals surface area contributed by atoms with Crippen molar-refractivity contribution in [3.8, 4) is 0 Å². The molecule has 1 amide bonds. The Morgan fingerprint density at radius 2 is 2.00 bits per heavy atom. The lowest BCUT2D eigenvalue weighted by Crippen LogP contribution is -2.57. The summed E-state index contributed by atoms with van der Waals surface area (Å²) in [6.07, 6.45) is 12.1. The maximum absolute atomic E-state index is 12.8. The number of halogens is 2. The van der Waals surface area contributed by atoms with Gasteiger partial charge in [-0.2, -0.15) is 9.78 Å². The number of hydrogen-bond acceptors (Lipinski definition) is 5. The third-order valence-electron chi connectivity index (χ3n) is 7.26. The Balaban J connectivity index is 1.30. The molecule has 2 aromatic rings. The molecule has 2 heterocycles. The molecule has 0 radical (unpaired) electrons. The monoisotopic (exact) mass is 554 g/mol. The summed E-state index contributed by atoms with van der Waals surface area (Å²) < 4.78 is 4.98. The Bertz CT molecular complexity index is 1020. The van der Waals surface area contributed by atoms with E-state index in [1.165, 1.54) is 6.42 Å². The third kappa shape index (κ3) is 3.94. The van der Waals surface area contributed by atoms with Crippen molar-refractivity contribution in [2.45, 2.75) is 57.0 Å². The fraction of sp³-hybridized carbons (Fsp3) is 0.650. The van der Waals surface area contributed by atoms with Crippen molar-refractivity contribution in [1.82, 2.24) is 24.9 Å². The highest BCUT2D eigenvalue weighted by Crippen LogP contribution is 2.65. The Morgan fingerprint density at radius 1 is 1.26 bits per heavy atom. The van der Waals surface area contributed by atoms with Gasteiger partial charge in [-0.25, -0.2) is 0 Å². The summed E-state index contributed by atoms with van der Waals surface area (Å²) in [6.45, 7) is 1.17. The highest BCUT2D eigenvalue weighted by Gasteiger charge is 2.60. The van der Waals surface area contributed by atoms with Crippen molar-refractivity contribution in [1.29, 1.82) is 0 Å². The second-order valence-corrected chi connectivity index (χ2v) is 11.4. The minimum absolute atomic E-state index is 0.0455. The minimum atomic E-state index is -0.442. The van der Waals surface area contributed by atoms with Crippen LogP contribution in [-0.4, -0.2) is 36.9 Å². The smallest absolute Gasteiger partial charge is 0.358 e. The summed E-state index contributed by atoms with van der Waals surface area (Å²) in [6, 6.07) is 0. The molecule has 4 saturated carbocycles. The van der Waals surface area contributed by atoms with Crippen LogP contribution in [-0.2, 0) is 16.9 Å². The second kappa shape index (κ2) is 7.68. The quantitative estimate of drug-likeness (QED) is 0.410. The number of carbonyl (C=O) groups excluding carboxylic acids is 1. The lowest BCUT2D eigenvalue weighted by atomic mass is 9.46. The number of hydrogen-bond donors (Lipinski definition) is 1. The first-order valence-corrected chi connectivity index (χ1v) is 12.2. The summed E-state index contributed by atoms with van der Waals surface area (Å²) in [5.41, 5.74) is -0.265. The van der Waals surface area contributed by atoms with Crippen LogP contribution in [0.2, 0.25) is 0 Å². The first-order valence-electron chi connectivity index (χ1n) is 10.6. The molecule has 1 N–H and O–H groups in total. The standard InChI is InChI=1S/C20H24Br2N6O3/c21-15-9-24-26(10-15)2-1-23-17(29)8-19-4-13-3-14(5-19)7-20(6-13,12-19)27-11-16(22)18(25-27)28(30)31/h9-11,13-14H,1-8,12H2,(H,23,29). The van der Waals surface area contributed by atoms with Crippen LogP contribution < -0.4 is 5.32 Å². The molecule has 9 nitrogen and oxygen atoms in total. The maximum atomic E-state index is 12.8. The van der Waals surface area contributed by atoms with Crippen molar-refractivity contribution in [2.24, 2.45) is 17.3 Å². The van der Waals surface area contributed by atoms with Gasteiger partial charge in [0.15, 0.2) is 0 Å². The molecular formula is C20H24Br2N6O3. The summed E-state index contributed by atoms with van der Waals surface area (Å²) in [5.74, 6) is 1.05. The fourth-order valence-electron chi connectivity index (χ4n) is 6.76. The number of carbonyl (C=O) groups is 1. The van der Waals surface area contributed by atoms with Crippen molar-refractivity contribution in [3.63, 3.8) is 0 Å². The lowest BCUT2D eigenvalue weighted by molar-refractivity contribution is -0.390. The summed E-state index contributed by atoms with van der Waals surface area (Å²) in [7, 11) is 0. The Morgan fingerprint density at radius 3 is 2.61 bits per heavy atom. The topological polar surface area (TPSA) is 108 Å². The molecule has 4 bridgehead atoms. The first kappa shape index (κ1) is 21.1. The summed E-state index contributed by atoms with van der Waals surface area (Å²) in [4.78, 5) is 23.7. The van der Waals surface area contributed by atoms with Gasteiger partial charge >= 0.3 is 5.82 Å². The van der Waals surface area contributed by atoms with Crippen LogP contribution in [0.1, 0.15) is 44.9 Å². The van der Waals surface area contributed by atoms with E-state index in [1.54, 1.807) is 17.1 Å². The molecule has 6 rings (SSSR count). The van der Waals surface area contributed by atoms with Crippen LogP contribution in [0.3, 0.4) is 0 Å². The predicted molar refractivity (Wildman–Crippen MR) is 119 cm³/mol. The molecule has 2 unspecified atom stereocenters. The second-order valence-electron chi connectivity index (χ2n) is 9.64. The average Bonchev–Trinajstić information content (AvgIpc) is 3.26. The van der Waals surface area contributed by atoms with Crippen molar-refractivity contribution in [3.05, 3.63) is 37.7 Å². The van der Waals surface area contributed by atoms with Gasteiger partial charge in [-0.3, -0.25) is 9.48 Å². The average molecular weight is 556 g/mol. The zero-order valence-corrected chi connectivity index (χ0v) is 20.1. The van der Waals surface area contributed by atoms with E-state index in [0.29, 0.717) is 35.8 Å². The fourth-order valence-corrected chi connectivity index (χ4v) is 7.51. The van der Waals surface area contributed by atoms with Gasteiger partial charge in [0, 0.05) is 19.2 Å². The molecule has 2 atom stereocenters. The normalized spacial score (nSPS) is 31.2. The number of nitrogens with zero attached hydrogens (tertiary/aromatic N) is 5. The van der Waals surface area contributed by atoms with Gasteiger partial charge in [-0.05, 0) is 92.6 Å². The van der Waals surface area contributed by atoms with Crippen LogP contribution >= 0.6 is 31.9 Å². The van der Waals surface area contributed by atoms with E-state index >= 15 is 0 Å². The van der Waals surface area contributed by atoms with E-state index in [9.17, 15) is 14.9 Å². The third-order valence-corrected chi connectivity index (χ3v) is 8.23.